The molecule has 0 spiro atoms. The Morgan fingerprint density at radius 3 is 1.86 bits per heavy atom. The van der Waals surface area contributed by atoms with E-state index in [2.05, 4.69) is 67.9 Å². The highest BCUT2D eigenvalue weighted by Crippen LogP contribution is 2.46. The van der Waals surface area contributed by atoms with Gasteiger partial charge in [-0.25, -0.2) is 0 Å². The third-order valence-electron chi connectivity index (χ3n) is 5.68. The van der Waals surface area contributed by atoms with E-state index in [9.17, 15) is 13.2 Å². The van der Waals surface area contributed by atoms with E-state index in [-0.39, 0.29) is 22.5 Å². The highest BCUT2D eigenvalue weighted by molar-refractivity contribution is 7.85. The normalized spacial score (nSPS) is 15.9. The van der Waals surface area contributed by atoms with Gasteiger partial charge in [0.1, 0.15) is 0 Å². The maximum Gasteiger partial charge on any atom is 0.264 e. The van der Waals surface area contributed by atoms with Crippen molar-refractivity contribution in [1.82, 2.24) is 5.32 Å². The predicted octanol–water partition coefficient (Wildman–Crippen LogP) is 3.73. The van der Waals surface area contributed by atoms with Crippen LogP contribution in [-0.2, 0) is 14.9 Å². The fourth-order valence-corrected chi connectivity index (χ4v) is 4.16. The average molecular weight is 422 g/mol. The molecule has 1 amide bonds. The summed E-state index contributed by atoms with van der Waals surface area (Å²) in [6.07, 6.45) is 2.90. The van der Waals surface area contributed by atoms with Crippen molar-refractivity contribution >= 4 is 16.0 Å². The molecule has 0 fully saturated rings. The number of hydrogen-bond acceptors (Lipinski definition) is 3. The van der Waals surface area contributed by atoms with Crippen molar-refractivity contribution in [3.05, 3.63) is 0 Å². The molecule has 0 rings (SSSR count). The van der Waals surface area contributed by atoms with Crippen LogP contribution in [0.1, 0.15) is 74.1 Å². The van der Waals surface area contributed by atoms with E-state index in [1.807, 2.05) is 0 Å². The summed E-state index contributed by atoms with van der Waals surface area (Å²) in [4.78, 5) is 13.0. The van der Waals surface area contributed by atoms with Gasteiger partial charge in [0.2, 0.25) is 5.91 Å². The maximum atomic E-state index is 13.0. The van der Waals surface area contributed by atoms with E-state index >= 15 is 0 Å². The van der Waals surface area contributed by atoms with Gasteiger partial charge < -0.3 is 9.80 Å². The first-order valence-electron chi connectivity index (χ1n) is 10.3. The van der Waals surface area contributed by atoms with Crippen molar-refractivity contribution in [3.63, 3.8) is 0 Å². The zero-order valence-corrected chi connectivity index (χ0v) is 20.5. The van der Waals surface area contributed by atoms with Crippen LogP contribution in [0.4, 0.5) is 0 Å². The molecule has 0 radical (unpaired) electrons. The molecular formula is C21H45N2O4S+. The number of rotatable bonds is 11. The second-order valence-electron chi connectivity index (χ2n) is 11.3. The quantitative estimate of drug-likeness (QED) is 0.302. The number of nitrogens with zero attached hydrogens (tertiary/aromatic N) is 1. The first-order valence-corrected chi connectivity index (χ1v) is 12.0. The Kier molecular flexibility index (Phi) is 9.66. The molecule has 0 aromatic carbocycles. The third-order valence-corrected chi connectivity index (χ3v) is 6.49. The number of nitrogens with one attached hydrogen (secondary N) is 1. The zero-order valence-electron chi connectivity index (χ0n) is 19.7. The molecular weight excluding hydrogens is 376 g/mol. The fourth-order valence-electron chi connectivity index (χ4n) is 3.59. The molecule has 0 aliphatic heterocycles. The first kappa shape index (κ1) is 27.3. The standard InChI is InChI=1S/C21H44N2O4S/c1-19(2,3)17-21(7,20(4,5)6)18(24)22-13-12-15-23(8,9)14-10-11-16-28(25,26)27/h10-17H2,1-9H3,(H-,22,24,25,26,27)/p+1. The summed E-state index contributed by atoms with van der Waals surface area (Å²) in [6, 6.07) is 0. The lowest BCUT2D eigenvalue weighted by atomic mass is 9.61. The Morgan fingerprint density at radius 2 is 1.43 bits per heavy atom. The van der Waals surface area contributed by atoms with Crippen molar-refractivity contribution in [1.29, 1.82) is 0 Å². The molecule has 0 aromatic rings. The van der Waals surface area contributed by atoms with Crippen LogP contribution >= 0.6 is 0 Å². The summed E-state index contributed by atoms with van der Waals surface area (Å²) < 4.78 is 31.1. The monoisotopic (exact) mass is 421 g/mol. The molecule has 0 heterocycles. The Hall–Kier alpha value is -0.660. The summed E-state index contributed by atoms with van der Waals surface area (Å²) in [7, 11) is 0.345. The molecule has 0 bridgehead atoms. The first-order chi connectivity index (χ1) is 12.3. The summed E-state index contributed by atoms with van der Waals surface area (Å²) >= 11 is 0. The minimum Gasteiger partial charge on any atom is -0.355 e. The van der Waals surface area contributed by atoms with E-state index in [4.69, 9.17) is 4.55 Å². The van der Waals surface area contributed by atoms with Gasteiger partial charge in [-0.2, -0.15) is 8.42 Å². The van der Waals surface area contributed by atoms with E-state index in [1.165, 1.54) is 0 Å². The van der Waals surface area contributed by atoms with Crippen molar-refractivity contribution in [2.24, 2.45) is 16.2 Å². The average Bonchev–Trinajstić information content (AvgIpc) is 2.44. The largest absolute Gasteiger partial charge is 0.355 e. The van der Waals surface area contributed by atoms with Gasteiger partial charge >= 0.3 is 0 Å². The Bertz CT molecular complexity index is 601. The van der Waals surface area contributed by atoms with Gasteiger partial charge in [0.05, 0.1) is 38.4 Å². The molecule has 0 saturated carbocycles. The molecule has 0 aliphatic rings. The molecule has 168 valence electrons. The minimum atomic E-state index is -3.87. The number of amides is 1. The minimum absolute atomic E-state index is 0.0697. The van der Waals surface area contributed by atoms with Crippen molar-refractivity contribution in [3.8, 4) is 0 Å². The fraction of sp³-hybridized carbons (Fsp3) is 0.952. The van der Waals surface area contributed by atoms with Crippen LogP contribution < -0.4 is 5.32 Å². The van der Waals surface area contributed by atoms with Gasteiger partial charge in [-0.1, -0.05) is 48.5 Å². The van der Waals surface area contributed by atoms with Gasteiger partial charge in [-0.3, -0.25) is 9.35 Å². The van der Waals surface area contributed by atoms with Crippen LogP contribution in [0.5, 0.6) is 0 Å². The number of quaternary nitrogens is 1. The number of carbonyl (C=O) groups is 1. The lowest BCUT2D eigenvalue weighted by Gasteiger charge is -2.44. The van der Waals surface area contributed by atoms with Gasteiger partial charge in [0.15, 0.2) is 0 Å². The van der Waals surface area contributed by atoms with E-state index < -0.39 is 15.5 Å². The van der Waals surface area contributed by atoms with Crippen LogP contribution in [0, 0.1) is 16.2 Å². The highest BCUT2D eigenvalue weighted by atomic mass is 32.2. The molecule has 6 nitrogen and oxygen atoms in total. The second kappa shape index (κ2) is 9.90. The number of hydrogen-bond donors (Lipinski definition) is 2. The molecule has 28 heavy (non-hydrogen) atoms. The van der Waals surface area contributed by atoms with Crippen LogP contribution in [0.2, 0.25) is 0 Å². The Morgan fingerprint density at radius 1 is 0.929 bits per heavy atom. The summed E-state index contributed by atoms with van der Waals surface area (Å²) in [6.45, 7) is 17.4. The van der Waals surface area contributed by atoms with E-state index in [0.717, 1.165) is 36.8 Å². The molecule has 7 heteroatoms. The molecule has 0 aliphatic carbocycles. The number of carbonyl (C=O) groups excluding carboxylic acids is 1. The van der Waals surface area contributed by atoms with Crippen LogP contribution in [0.3, 0.4) is 0 Å². The van der Waals surface area contributed by atoms with Crippen molar-refractivity contribution in [2.45, 2.75) is 74.1 Å². The Labute approximate surface area is 173 Å². The van der Waals surface area contributed by atoms with E-state index in [0.29, 0.717) is 13.0 Å². The zero-order chi connectivity index (χ0) is 22.4. The summed E-state index contributed by atoms with van der Waals surface area (Å²) in [5.41, 5.74) is -0.502. The summed E-state index contributed by atoms with van der Waals surface area (Å²) in [5.74, 6) is -0.0595. The summed E-state index contributed by atoms with van der Waals surface area (Å²) in [5, 5.41) is 3.15. The van der Waals surface area contributed by atoms with Gasteiger partial charge in [0, 0.05) is 13.0 Å². The lowest BCUT2D eigenvalue weighted by Crippen LogP contribution is -2.50. The Balaban J connectivity index is 4.54. The van der Waals surface area contributed by atoms with E-state index in [1.54, 1.807) is 0 Å². The predicted molar refractivity (Wildman–Crippen MR) is 117 cm³/mol. The molecule has 1 atom stereocenters. The van der Waals surface area contributed by atoms with Gasteiger partial charge in [0.25, 0.3) is 10.1 Å². The van der Waals surface area contributed by atoms with Crippen LogP contribution in [0.25, 0.3) is 0 Å². The number of unbranched alkanes of at least 4 members (excludes halogenated alkanes) is 1. The van der Waals surface area contributed by atoms with Crippen LogP contribution in [0.15, 0.2) is 0 Å². The maximum absolute atomic E-state index is 13.0. The van der Waals surface area contributed by atoms with Crippen LogP contribution in [-0.4, -0.2) is 62.8 Å². The molecule has 2 N–H and O–H groups in total. The third kappa shape index (κ3) is 10.8. The van der Waals surface area contributed by atoms with Crippen molar-refractivity contribution in [2.75, 3.05) is 39.5 Å². The van der Waals surface area contributed by atoms with Gasteiger partial charge in [-0.15, -0.1) is 0 Å². The smallest absolute Gasteiger partial charge is 0.264 e. The topological polar surface area (TPSA) is 83.5 Å². The van der Waals surface area contributed by atoms with Gasteiger partial charge in [-0.05, 0) is 30.1 Å². The SMILES string of the molecule is CC(C)(C)CC(C)(C(=O)NCCC[N+](C)(C)CCCCS(=O)(=O)O)C(C)(C)C. The molecule has 1 unspecified atom stereocenters. The lowest BCUT2D eigenvalue weighted by molar-refractivity contribution is -0.890. The molecule has 0 saturated heterocycles. The highest BCUT2D eigenvalue weighted by Gasteiger charge is 2.46. The van der Waals surface area contributed by atoms with Crippen molar-refractivity contribution < 1.29 is 22.2 Å². The molecule has 0 aromatic heterocycles. The second-order valence-corrected chi connectivity index (χ2v) is 12.9.